The quantitative estimate of drug-likeness (QED) is 0.665. The molecule has 1 amide bonds. The summed E-state index contributed by atoms with van der Waals surface area (Å²) in [5.41, 5.74) is 2.18. The molecule has 0 aliphatic heterocycles. The number of benzene rings is 2. The second kappa shape index (κ2) is 7.76. The maximum Gasteiger partial charge on any atom is 0.267 e. The molecule has 0 saturated heterocycles. The number of hydrogen-bond acceptors (Lipinski definition) is 5. The number of methoxy groups -OCH3 is 2. The highest BCUT2D eigenvalue weighted by Gasteiger charge is 2.17. The second-order valence-corrected chi connectivity index (χ2v) is 6.93. The Morgan fingerprint density at radius 2 is 1.69 bits per heavy atom. The van der Waals surface area contributed by atoms with Gasteiger partial charge < -0.3 is 14.8 Å². The lowest BCUT2D eigenvalue weighted by molar-refractivity contribution is 0.103. The number of halogens is 1. The monoisotopic (exact) mass is 388 g/mol. The van der Waals surface area contributed by atoms with Gasteiger partial charge in [-0.05, 0) is 19.1 Å². The zero-order chi connectivity index (χ0) is 18.7. The van der Waals surface area contributed by atoms with E-state index in [9.17, 15) is 4.79 Å². The summed E-state index contributed by atoms with van der Waals surface area (Å²) in [7, 11) is 3.12. The Morgan fingerprint density at radius 3 is 2.27 bits per heavy atom. The van der Waals surface area contributed by atoms with E-state index in [-0.39, 0.29) is 5.91 Å². The number of aryl methyl sites for hydroxylation is 1. The number of thiazole rings is 1. The van der Waals surface area contributed by atoms with E-state index < -0.39 is 0 Å². The van der Waals surface area contributed by atoms with Crippen molar-refractivity contribution in [3.8, 4) is 22.1 Å². The molecule has 7 heteroatoms. The van der Waals surface area contributed by atoms with Gasteiger partial charge in [-0.15, -0.1) is 11.3 Å². The Bertz CT molecular complexity index is 916. The Morgan fingerprint density at radius 1 is 1.08 bits per heavy atom. The highest BCUT2D eigenvalue weighted by molar-refractivity contribution is 7.17. The van der Waals surface area contributed by atoms with E-state index in [2.05, 4.69) is 10.3 Å². The molecule has 3 rings (SSSR count). The molecule has 1 aromatic heterocycles. The highest BCUT2D eigenvalue weighted by Crippen LogP contribution is 2.30. The molecule has 0 spiro atoms. The number of carbonyl (C=O) groups is 1. The lowest BCUT2D eigenvalue weighted by Gasteiger charge is -2.09. The van der Waals surface area contributed by atoms with E-state index >= 15 is 0 Å². The number of carbonyl (C=O) groups excluding carboxylic acids is 1. The minimum absolute atomic E-state index is 0.226. The van der Waals surface area contributed by atoms with Crippen LogP contribution in [0, 0.1) is 6.92 Å². The smallest absolute Gasteiger partial charge is 0.267 e. The average Bonchev–Trinajstić information content (AvgIpc) is 3.03. The Balaban J connectivity index is 1.85. The Kier molecular flexibility index (Phi) is 5.44. The lowest BCUT2D eigenvalue weighted by Crippen LogP contribution is -2.11. The summed E-state index contributed by atoms with van der Waals surface area (Å²) in [6.45, 7) is 1.82. The second-order valence-electron chi connectivity index (χ2n) is 5.50. The van der Waals surface area contributed by atoms with Gasteiger partial charge in [-0.2, -0.15) is 0 Å². The fourth-order valence-electron chi connectivity index (χ4n) is 2.39. The fraction of sp³-hybridized carbons (Fsp3) is 0.158. The topological polar surface area (TPSA) is 60.5 Å². The Hall–Kier alpha value is -2.57. The molecule has 0 fully saturated rings. The number of ether oxygens (including phenoxy) is 2. The molecule has 0 aliphatic rings. The number of nitrogens with zero attached hydrogens (tertiary/aromatic N) is 1. The van der Waals surface area contributed by atoms with E-state index in [4.69, 9.17) is 21.1 Å². The van der Waals surface area contributed by atoms with Crippen molar-refractivity contribution in [3.63, 3.8) is 0 Å². The molecule has 0 aliphatic carbocycles. The van der Waals surface area contributed by atoms with Crippen molar-refractivity contribution < 1.29 is 14.3 Å². The molecule has 2 aromatic carbocycles. The van der Waals surface area contributed by atoms with Crippen molar-refractivity contribution in [1.29, 1.82) is 0 Å². The predicted octanol–water partition coefficient (Wildman–Crippen LogP) is 5.04. The normalized spacial score (nSPS) is 10.5. The van der Waals surface area contributed by atoms with Crippen LogP contribution in [0.4, 0.5) is 5.69 Å². The van der Waals surface area contributed by atoms with Gasteiger partial charge in [0.25, 0.3) is 5.91 Å². The summed E-state index contributed by atoms with van der Waals surface area (Å²) in [6, 6.07) is 12.6. The summed E-state index contributed by atoms with van der Waals surface area (Å²) in [5, 5.41) is 4.30. The van der Waals surface area contributed by atoms with Crippen molar-refractivity contribution in [2.45, 2.75) is 6.92 Å². The molecular weight excluding hydrogens is 372 g/mol. The third kappa shape index (κ3) is 3.98. The van der Waals surface area contributed by atoms with Gasteiger partial charge in [-0.3, -0.25) is 4.79 Å². The van der Waals surface area contributed by atoms with Crippen LogP contribution in [0.2, 0.25) is 5.02 Å². The number of hydrogen-bond donors (Lipinski definition) is 1. The molecule has 0 radical (unpaired) electrons. The van der Waals surface area contributed by atoms with Crippen molar-refractivity contribution in [1.82, 2.24) is 4.98 Å². The van der Waals surface area contributed by atoms with E-state index in [0.29, 0.717) is 32.8 Å². The molecule has 0 bridgehead atoms. The molecule has 0 atom stereocenters. The third-order valence-corrected chi connectivity index (χ3v) is 5.16. The predicted molar refractivity (Wildman–Crippen MR) is 105 cm³/mol. The highest BCUT2D eigenvalue weighted by atomic mass is 35.5. The minimum atomic E-state index is -0.226. The molecule has 134 valence electrons. The largest absolute Gasteiger partial charge is 0.497 e. The van der Waals surface area contributed by atoms with E-state index in [1.807, 2.05) is 19.1 Å². The number of rotatable bonds is 5. The number of aromatic nitrogens is 1. The van der Waals surface area contributed by atoms with Gasteiger partial charge in [0.1, 0.15) is 21.4 Å². The SMILES string of the molecule is COc1cc(NC(=O)c2sc(-c3ccc(Cl)cc3)nc2C)cc(OC)c1. The molecular formula is C19H17ClN2O3S. The van der Waals surface area contributed by atoms with Crippen molar-refractivity contribution >= 4 is 34.5 Å². The first-order valence-corrected chi connectivity index (χ1v) is 8.97. The van der Waals surface area contributed by atoms with Crippen molar-refractivity contribution in [2.24, 2.45) is 0 Å². The van der Waals surface area contributed by atoms with Crippen molar-refractivity contribution in [3.05, 3.63) is 58.1 Å². The summed E-state index contributed by atoms with van der Waals surface area (Å²) < 4.78 is 10.5. The van der Waals surface area contributed by atoms with Crippen LogP contribution in [0.3, 0.4) is 0 Å². The third-order valence-electron chi connectivity index (χ3n) is 3.70. The van der Waals surface area contributed by atoms with Crippen LogP contribution in [-0.2, 0) is 0 Å². The van der Waals surface area contributed by atoms with Gasteiger partial charge in [0, 0.05) is 34.5 Å². The molecule has 1 heterocycles. The van der Waals surface area contributed by atoms with Crippen LogP contribution < -0.4 is 14.8 Å². The van der Waals surface area contributed by atoms with Gasteiger partial charge in [-0.25, -0.2) is 4.98 Å². The van der Waals surface area contributed by atoms with E-state index in [0.717, 1.165) is 10.6 Å². The van der Waals surface area contributed by atoms with Crippen LogP contribution in [0.5, 0.6) is 11.5 Å². The van der Waals surface area contributed by atoms with Gasteiger partial charge in [0.2, 0.25) is 0 Å². The molecule has 1 N–H and O–H groups in total. The summed E-state index contributed by atoms with van der Waals surface area (Å²) in [6.07, 6.45) is 0. The van der Waals surface area contributed by atoms with Crippen LogP contribution in [0.25, 0.3) is 10.6 Å². The molecule has 0 unspecified atom stereocenters. The number of amides is 1. The standard InChI is InChI=1S/C19H17ClN2O3S/c1-11-17(26-19(21-11)12-4-6-13(20)7-5-12)18(23)22-14-8-15(24-2)10-16(9-14)25-3/h4-10H,1-3H3,(H,22,23). The molecule has 3 aromatic rings. The van der Waals surface area contributed by atoms with Gasteiger partial charge in [0.05, 0.1) is 19.9 Å². The molecule has 26 heavy (non-hydrogen) atoms. The zero-order valence-electron chi connectivity index (χ0n) is 14.5. The van der Waals surface area contributed by atoms with E-state index in [1.165, 1.54) is 11.3 Å². The lowest BCUT2D eigenvalue weighted by atomic mass is 10.2. The fourth-order valence-corrected chi connectivity index (χ4v) is 3.48. The van der Waals surface area contributed by atoms with Gasteiger partial charge in [0.15, 0.2) is 0 Å². The first-order chi connectivity index (χ1) is 12.5. The maximum atomic E-state index is 12.7. The summed E-state index contributed by atoms with van der Waals surface area (Å²) >= 11 is 7.26. The van der Waals surface area contributed by atoms with Crippen LogP contribution >= 0.6 is 22.9 Å². The number of anilines is 1. The van der Waals surface area contributed by atoms with Crippen LogP contribution in [0.15, 0.2) is 42.5 Å². The molecule has 5 nitrogen and oxygen atoms in total. The van der Waals surface area contributed by atoms with Gasteiger partial charge in [-0.1, -0.05) is 23.7 Å². The van der Waals surface area contributed by atoms with Crippen LogP contribution in [0.1, 0.15) is 15.4 Å². The summed E-state index contributed by atoms with van der Waals surface area (Å²) in [4.78, 5) is 17.7. The molecule has 0 saturated carbocycles. The minimum Gasteiger partial charge on any atom is -0.497 e. The zero-order valence-corrected chi connectivity index (χ0v) is 16.1. The van der Waals surface area contributed by atoms with E-state index in [1.54, 1.807) is 44.6 Å². The summed E-state index contributed by atoms with van der Waals surface area (Å²) in [5.74, 6) is 0.973. The van der Waals surface area contributed by atoms with Crippen LogP contribution in [-0.4, -0.2) is 25.1 Å². The number of nitrogens with one attached hydrogen (secondary N) is 1. The maximum absolute atomic E-state index is 12.7. The average molecular weight is 389 g/mol. The Labute approximate surface area is 160 Å². The van der Waals surface area contributed by atoms with Gasteiger partial charge >= 0.3 is 0 Å². The van der Waals surface area contributed by atoms with Crippen molar-refractivity contribution in [2.75, 3.05) is 19.5 Å². The first kappa shape index (κ1) is 18.2. The first-order valence-electron chi connectivity index (χ1n) is 7.78.